The minimum atomic E-state index is -0.568. The summed E-state index contributed by atoms with van der Waals surface area (Å²) in [6.45, 7) is 11.4. The molecule has 2 aromatic heterocycles. The number of hydrogen-bond donors (Lipinski definition) is 0. The third kappa shape index (κ3) is 6.99. The zero-order valence-corrected chi connectivity index (χ0v) is 23.8. The van der Waals surface area contributed by atoms with Crippen LogP contribution in [0.5, 0.6) is 11.6 Å². The van der Waals surface area contributed by atoms with Gasteiger partial charge in [0.1, 0.15) is 5.75 Å². The molecule has 39 heavy (non-hydrogen) atoms. The number of benzene rings is 2. The third-order valence-electron chi connectivity index (χ3n) is 6.97. The van der Waals surface area contributed by atoms with Crippen molar-refractivity contribution in [3.05, 3.63) is 60.0 Å². The van der Waals surface area contributed by atoms with Gasteiger partial charge in [0, 0.05) is 59.5 Å². The number of fused-ring (bicyclic) bond motifs is 2. The van der Waals surface area contributed by atoms with Crippen LogP contribution < -0.4 is 14.4 Å². The van der Waals surface area contributed by atoms with Crippen LogP contribution in [0.25, 0.3) is 21.0 Å². The van der Waals surface area contributed by atoms with Crippen molar-refractivity contribution >= 4 is 44.0 Å². The van der Waals surface area contributed by atoms with E-state index >= 15 is 0 Å². The van der Waals surface area contributed by atoms with Crippen LogP contribution >= 0.6 is 11.3 Å². The summed E-state index contributed by atoms with van der Waals surface area (Å²) in [5, 5.41) is 4.56. The summed E-state index contributed by atoms with van der Waals surface area (Å²) in [6, 6.07) is 18.5. The highest BCUT2D eigenvalue weighted by molar-refractivity contribution is 7.17. The molecule has 3 heterocycles. The number of nitrogens with zero attached hydrogens (tertiary/aromatic N) is 3. The van der Waals surface area contributed by atoms with Crippen molar-refractivity contribution in [3.8, 4) is 11.6 Å². The first kappa shape index (κ1) is 27.2. The number of anilines is 1. The van der Waals surface area contributed by atoms with Gasteiger partial charge in [0.15, 0.2) is 0 Å². The molecule has 5 rings (SSSR count). The Labute approximate surface area is 234 Å². The second-order valence-electron chi connectivity index (χ2n) is 10.9. The Kier molecular flexibility index (Phi) is 8.53. The molecule has 0 bridgehead atoms. The third-order valence-corrected chi connectivity index (χ3v) is 7.85. The lowest BCUT2D eigenvalue weighted by Crippen LogP contribution is -2.46. The molecule has 0 N–H and O–H groups in total. The molecule has 8 heteroatoms. The summed E-state index contributed by atoms with van der Waals surface area (Å²) in [5.74, 6) is 0.893. The number of hydrogen-bond acceptors (Lipinski definition) is 8. The Morgan fingerprint density at radius 3 is 2.62 bits per heavy atom. The zero-order valence-electron chi connectivity index (χ0n) is 23.0. The van der Waals surface area contributed by atoms with Gasteiger partial charge in [-0.15, -0.1) is 11.3 Å². The van der Waals surface area contributed by atoms with Gasteiger partial charge in [-0.05, 0) is 81.9 Å². The summed E-state index contributed by atoms with van der Waals surface area (Å²) in [7, 11) is 0. The molecule has 4 aromatic rings. The molecule has 1 saturated heterocycles. The Bertz CT molecular complexity index is 1410. The average Bonchev–Trinajstić information content (AvgIpc) is 3.42. The fourth-order valence-corrected chi connectivity index (χ4v) is 5.51. The molecular weight excluding hydrogens is 510 g/mol. The smallest absolute Gasteiger partial charge is 0.314 e. The summed E-state index contributed by atoms with van der Waals surface area (Å²) >= 11 is 1.81. The maximum atomic E-state index is 11.9. The largest absolute Gasteiger partial charge is 0.494 e. The summed E-state index contributed by atoms with van der Waals surface area (Å²) in [6.07, 6.45) is 2.11. The first-order valence-corrected chi connectivity index (χ1v) is 14.5. The second kappa shape index (κ2) is 12.2. The van der Waals surface area contributed by atoms with Crippen molar-refractivity contribution in [2.45, 2.75) is 33.6 Å². The molecule has 0 atom stereocenters. The van der Waals surface area contributed by atoms with Crippen LogP contribution in [0.3, 0.4) is 0 Å². The summed E-state index contributed by atoms with van der Waals surface area (Å²) in [4.78, 5) is 21.5. The Morgan fingerprint density at radius 1 is 0.974 bits per heavy atom. The van der Waals surface area contributed by atoms with Crippen LogP contribution in [-0.4, -0.2) is 62.0 Å². The van der Waals surface area contributed by atoms with Crippen molar-refractivity contribution in [1.82, 2.24) is 9.88 Å². The number of carbonyl (C=O) groups excluding carboxylic acids is 1. The number of esters is 1. The van der Waals surface area contributed by atoms with E-state index in [9.17, 15) is 4.79 Å². The lowest BCUT2D eigenvalue weighted by Gasteiger charge is -2.36. The van der Waals surface area contributed by atoms with E-state index in [4.69, 9.17) is 14.2 Å². The van der Waals surface area contributed by atoms with Crippen LogP contribution in [0.2, 0.25) is 0 Å². The molecule has 1 fully saturated rings. The average molecular weight is 548 g/mol. The van der Waals surface area contributed by atoms with E-state index in [0.717, 1.165) is 62.2 Å². The molecule has 0 spiro atoms. The van der Waals surface area contributed by atoms with E-state index in [1.54, 1.807) is 26.8 Å². The highest BCUT2D eigenvalue weighted by Gasteiger charge is 2.23. The van der Waals surface area contributed by atoms with Gasteiger partial charge < -0.3 is 19.1 Å². The van der Waals surface area contributed by atoms with Crippen LogP contribution in [0.15, 0.2) is 60.0 Å². The molecule has 0 aliphatic carbocycles. The second-order valence-corrected chi connectivity index (χ2v) is 11.9. The quantitative estimate of drug-likeness (QED) is 0.130. The molecule has 1 aliphatic heterocycles. The highest BCUT2D eigenvalue weighted by Crippen LogP contribution is 2.31. The molecule has 7 nitrogen and oxygen atoms in total. The number of carbonyl (C=O) groups is 1. The van der Waals surface area contributed by atoms with Gasteiger partial charge >= 0.3 is 5.97 Å². The Hall–Kier alpha value is -3.36. The standard InChI is InChI=1S/C31H37N3O4S/c1-31(2,3)30(35)38-22-37-29-12-10-23-9-11-24(21-26(23)32-29)36-19-5-4-14-33-15-17-34(18-16-33)27-7-6-8-28-25(27)13-20-39-28/h6-13,20-21H,4-5,14-19,22H2,1-3H3. The van der Waals surface area contributed by atoms with Gasteiger partial charge in [0.05, 0.1) is 17.5 Å². The predicted molar refractivity (Wildman–Crippen MR) is 158 cm³/mol. The number of unbranched alkanes of at least 4 members (excludes halogenated alkanes) is 1. The van der Waals surface area contributed by atoms with Gasteiger partial charge in [0.25, 0.3) is 0 Å². The van der Waals surface area contributed by atoms with Gasteiger partial charge in [-0.3, -0.25) is 9.69 Å². The van der Waals surface area contributed by atoms with Crippen molar-refractivity contribution in [1.29, 1.82) is 0 Å². The number of ether oxygens (including phenoxy) is 3. The summed E-state index contributed by atoms with van der Waals surface area (Å²) in [5.41, 5.74) is 1.58. The zero-order chi connectivity index (χ0) is 27.2. The monoisotopic (exact) mass is 547 g/mol. The normalized spacial score (nSPS) is 14.6. The summed E-state index contributed by atoms with van der Waals surface area (Å²) < 4.78 is 18.1. The van der Waals surface area contributed by atoms with Crippen LogP contribution in [-0.2, 0) is 9.53 Å². The SMILES string of the molecule is CC(C)(C)C(=O)OCOc1ccc2ccc(OCCCCN3CCN(c4cccc5sccc45)CC3)cc2n1. The van der Waals surface area contributed by atoms with Crippen LogP contribution in [0, 0.1) is 5.41 Å². The molecule has 206 valence electrons. The van der Waals surface area contributed by atoms with Gasteiger partial charge in [0.2, 0.25) is 12.7 Å². The number of rotatable bonds is 10. The van der Waals surface area contributed by atoms with Gasteiger partial charge in [-0.25, -0.2) is 4.98 Å². The van der Waals surface area contributed by atoms with E-state index in [0.29, 0.717) is 12.5 Å². The predicted octanol–water partition coefficient (Wildman–Crippen LogP) is 6.36. The van der Waals surface area contributed by atoms with E-state index < -0.39 is 5.41 Å². The van der Waals surface area contributed by atoms with Crippen LogP contribution in [0.4, 0.5) is 5.69 Å². The van der Waals surface area contributed by atoms with Crippen molar-refractivity contribution in [3.63, 3.8) is 0 Å². The van der Waals surface area contributed by atoms with Gasteiger partial charge in [-0.1, -0.05) is 6.07 Å². The van der Waals surface area contributed by atoms with E-state index in [-0.39, 0.29) is 12.8 Å². The molecule has 0 amide bonds. The first-order chi connectivity index (χ1) is 18.9. The van der Waals surface area contributed by atoms with Crippen LogP contribution in [0.1, 0.15) is 33.6 Å². The lowest BCUT2D eigenvalue weighted by molar-refractivity contribution is -0.159. The minimum Gasteiger partial charge on any atom is -0.494 e. The maximum Gasteiger partial charge on any atom is 0.314 e. The number of aromatic nitrogens is 1. The Balaban J connectivity index is 1.03. The number of piperazine rings is 1. The Morgan fingerprint density at radius 2 is 1.79 bits per heavy atom. The van der Waals surface area contributed by atoms with Crippen molar-refractivity contribution < 1.29 is 19.0 Å². The molecule has 0 unspecified atom stereocenters. The first-order valence-electron chi connectivity index (χ1n) is 13.6. The molecule has 2 aromatic carbocycles. The van der Waals surface area contributed by atoms with E-state index in [1.165, 1.54) is 15.8 Å². The molecular formula is C31H37N3O4S. The minimum absolute atomic E-state index is 0.162. The van der Waals surface area contributed by atoms with Crippen molar-refractivity contribution in [2.75, 3.05) is 51.0 Å². The topological polar surface area (TPSA) is 64.1 Å². The molecule has 0 radical (unpaired) electrons. The lowest BCUT2D eigenvalue weighted by atomic mass is 9.98. The van der Waals surface area contributed by atoms with E-state index in [1.807, 2.05) is 35.6 Å². The number of pyridine rings is 1. The fraction of sp³-hybridized carbons (Fsp3) is 0.419. The molecule has 0 saturated carbocycles. The maximum absolute atomic E-state index is 11.9. The number of thiophene rings is 1. The molecule has 1 aliphatic rings. The van der Waals surface area contributed by atoms with Crippen molar-refractivity contribution in [2.24, 2.45) is 5.41 Å². The van der Waals surface area contributed by atoms with Gasteiger partial charge in [-0.2, -0.15) is 0 Å². The van der Waals surface area contributed by atoms with E-state index in [2.05, 4.69) is 44.4 Å². The highest BCUT2D eigenvalue weighted by atomic mass is 32.1. The fourth-order valence-electron chi connectivity index (χ4n) is 4.70.